The normalized spacial score (nSPS) is 18.7. The van der Waals surface area contributed by atoms with Crippen molar-refractivity contribution in [2.45, 2.75) is 12.8 Å². The molecule has 3 rings (SSSR count). The molecule has 0 atom stereocenters. The quantitative estimate of drug-likeness (QED) is 0.898. The predicted molar refractivity (Wildman–Crippen MR) is 85.7 cm³/mol. The molecule has 5 heteroatoms. The zero-order chi connectivity index (χ0) is 14.7. The number of amides is 2. The van der Waals surface area contributed by atoms with Crippen LogP contribution in [0.25, 0.3) is 6.08 Å². The highest BCUT2D eigenvalue weighted by molar-refractivity contribution is 6.32. The smallest absolute Gasteiger partial charge is 0.317 e. The number of carbonyl (C=O) groups excluding carboxylic acids is 1. The molecule has 112 valence electrons. The lowest BCUT2D eigenvalue weighted by Crippen LogP contribution is -2.28. The van der Waals surface area contributed by atoms with Crippen LogP contribution in [0.2, 0.25) is 5.02 Å². The largest absolute Gasteiger partial charge is 0.336 e. The molecular formula is C16H20ClN3O. The third kappa shape index (κ3) is 3.22. The molecule has 4 nitrogen and oxygen atoms in total. The Hall–Kier alpha value is -1.52. The minimum atomic E-state index is 0.0156. The van der Waals surface area contributed by atoms with Gasteiger partial charge in [-0.05, 0) is 48.7 Å². The molecule has 0 bridgehead atoms. The van der Waals surface area contributed by atoms with E-state index in [2.05, 4.69) is 22.8 Å². The number of benzene rings is 1. The number of halogens is 1. The van der Waals surface area contributed by atoms with Crippen LogP contribution < -0.4 is 10.6 Å². The van der Waals surface area contributed by atoms with Crippen molar-refractivity contribution in [2.75, 3.05) is 32.7 Å². The van der Waals surface area contributed by atoms with Gasteiger partial charge in [-0.3, -0.25) is 0 Å². The minimum absolute atomic E-state index is 0.0156. The van der Waals surface area contributed by atoms with Crippen molar-refractivity contribution in [1.82, 2.24) is 15.5 Å². The Morgan fingerprint density at radius 1 is 1.24 bits per heavy atom. The summed E-state index contributed by atoms with van der Waals surface area (Å²) < 4.78 is 0. The number of fused-ring (bicyclic) bond motifs is 1. The molecule has 0 saturated carbocycles. The molecule has 2 aliphatic rings. The topological polar surface area (TPSA) is 44.4 Å². The van der Waals surface area contributed by atoms with Crippen LogP contribution in [0.4, 0.5) is 4.79 Å². The molecule has 1 saturated heterocycles. The summed E-state index contributed by atoms with van der Waals surface area (Å²) in [6, 6.07) is 4.13. The van der Waals surface area contributed by atoms with Crippen LogP contribution in [-0.4, -0.2) is 43.7 Å². The van der Waals surface area contributed by atoms with Crippen molar-refractivity contribution in [1.29, 1.82) is 0 Å². The van der Waals surface area contributed by atoms with Gasteiger partial charge in [-0.1, -0.05) is 29.8 Å². The lowest BCUT2D eigenvalue weighted by atomic mass is 9.96. The Morgan fingerprint density at radius 3 is 2.90 bits per heavy atom. The predicted octanol–water partition coefficient (Wildman–Crippen LogP) is 2.07. The zero-order valence-corrected chi connectivity index (χ0v) is 12.7. The highest BCUT2D eigenvalue weighted by Crippen LogP contribution is 2.27. The number of rotatable bonds is 3. The number of hydrogen-bond donors (Lipinski definition) is 2. The van der Waals surface area contributed by atoms with E-state index in [-0.39, 0.29) is 6.03 Å². The fourth-order valence-corrected chi connectivity index (χ4v) is 3.18. The summed E-state index contributed by atoms with van der Waals surface area (Å²) in [5.74, 6) is 0. The van der Waals surface area contributed by atoms with E-state index >= 15 is 0 Å². The molecule has 0 aromatic heterocycles. The molecule has 0 spiro atoms. The molecule has 0 unspecified atom stereocenters. The van der Waals surface area contributed by atoms with Gasteiger partial charge in [0.1, 0.15) is 0 Å². The fraction of sp³-hybridized carbons (Fsp3) is 0.438. The Morgan fingerprint density at radius 2 is 2.10 bits per heavy atom. The van der Waals surface area contributed by atoms with E-state index in [1.165, 1.54) is 11.1 Å². The van der Waals surface area contributed by atoms with Gasteiger partial charge in [-0.2, -0.15) is 0 Å². The maximum Gasteiger partial charge on any atom is 0.317 e. The van der Waals surface area contributed by atoms with E-state index in [1.807, 2.05) is 12.1 Å². The van der Waals surface area contributed by atoms with Gasteiger partial charge in [-0.25, -0.2) is 4.79 Å². The molecule has 0 aliphatic carbocycles. The fourth-order valence-electron chi connectivity index (χ4n) is 2.94. The molecule has 2 amide bonds. The van der Waals surface area contributed by atoms with Crippen LogP contribution in [0.15, 0.2) is 18.2 Å². The average Bonchev–Trinajstić information content (AvgIpc) is 2.74. The molecule has 2 N–H and O–H groups in total. The number of carbonyl (C=O) groups is 1. The molecule has 1 aromatic rings. The summed E-state index contributed by atoms with van der Waals surface area (Å²) in [4.78, 5) is 13.3. The lowest BCUT2D eigenvalue weighted by molar-refractivity contribution is 0.222. The van der Waals surface area contributed by atoms with Crippen LogP contribution in [0.5, 0.6) is 0 Å². The van der Waals surface area contributed by atoms with Gasteiger partial charge >= 0.3 is 6.03 Å². The summed E-state index contributed by atoms with van der Waals surface area (Å²) in [6.07, 6.45) is 6.14. The molecule has 2 heterocycles. The molecule has 2 aliphatic heterocycles. The first-order chi connectivity index (χ1) is 10.3. The second-order valence-electron chi connectivity index (χ2n) is 5.43. The van der Waals surface area contributed by atoms with Gasteiger partial charge in [0.15, 0.2) is 0 Å². The van der Waals surface area contributed by atoms with Crippen molar-refractivity contribution >= 4 is 23.7 Å². The van der Waals surface area contributed by atoms with Gasteiger partial charge < -0.3 is 15.5 Å². The number of hydrogen-bond acceptors (Lipinski definition) is 2. The Labute approximate surface area is 130 Å². The van der Waals surface area contributed by atoms with E-state index < -0.39 is 0 Å². The molecular weight excluding hydrogens is 286 g/mol. The van der Waals surface area contributed by atoms with Crippen LogP contribution in [0, 0.1) is 0 Å². The average molecular weight is 306 g/mol. The lowest BCUT2D eigenvalue weighted by Gasteiger charge is -2.13. The van der Waals surface area contributed by atoms with E-state index in [1.54, 1.807) is 4.90 Å². The van der Waals surface area contributed by atoms with Crippen molar-refractivity contribution in [2.24, 2.45) is 0 Å². The zero-order valence-electron chi connectivity index (χ0n) is 12.0. The van der Waals surface area contributed by atoms with Gasteiger partial charge in [0.2, 0.25) is 0 Å². The van der Waals surface area contributed by atoms with Crippen molar-refractivity contribution in [3.05, 3.63) is 39.9 Å². The Balaban J connectivity index is 1.79. The van der Waals surface area contributed by atoms with Gasteiger partial charge in [0, 0.05) is 24.7 Å². The van der Waals surface area contributed by atoms with Crippen LogP contribution in [0.1, 0.15) is 16.7 Å². The maximum atomic E-state index is 11.5. The molecule has 0 radical (unpaired) electrons. The van der Waals surface area contributed by atoms with Crippen molar-refractivity contribution < 1.29 is 4.79 Å². The molecule has 1 aromatic carbocycles. The summed E-state index contributed by atoms with van der Waals surface area (Å²) in [5.41, 5.74) is 3.83. The second kappa shape index (κ2) is 6.50. The number of nitrogens with zero attached hydrogens (tertiary/aromatic N) is 1. The van der Waals surface area contributed by atoms with E-state index in [0.29, 0.717) is 6.54 Å². The summed E-state index contributed by atoms with van der Waals surface area (Å²) in [6.45, 7) is 4.14. The molecule has 1 fully saturated rings. The SMILES string of the molecule is O=C1NCCN1C/C=C\c1c(Cl)ccc2c1CCNCC2. The standard InChI is InChI=1S/C16H20ClN3O/c17-15-4-3-12-5-7-18-8-6-13(12)14(15)2-1-10-20-11-9-19-16(20)21/h1-4,18H,5-11H2,(H,19,21)/b2-1-. The van der Waals surface area contributed by atoms with Crippen molar-refractivity contribution in [3.63, 3.8) is 0 Å². The van der Waals surface area contributed by atoms with Crippen LogP contribution in [-0.2, 0) is 12.8 Å². The highest BCUT2D eigenvalue weighted by Gasteiger charge is 2.17. The summed E-state index contributed by atoms with van der Waals surface area (Å²) >= 11 is 6.37. The van der Waals surface area contributed by atoms with Crippen LogP contribution >= 0.6 is 11.6 Å². The number of urea groups is 1. The third-order valence-electron chi connectivity index (χ3n) is 4.08. The van der Waals surface area contributed by atoms with E-state index in [4.69, 9.17) is 11.6 Å². The summed E-state index contributed by atoms with van der Waals surface area (Å²) in [5, 5.41) is 7.02. The first-order valence-electron chi connectivity index (χ1n) is 7.46. The van der Waals surface area contributed by atoms with Gasteiger partial charge in [0.05, 0.1) is 0 Å². The first-order valence-corrected chi connectivity index (χ1v) is 7.84. The second-order valence-corrected chi connectivity index (χ2v) is 5.84. The Kier molecular flexibility index (Phi) is 4.46. The Bertz CT molecular complexity index is 571. The third-order valence-corrected chi connectivity index (χ3v) is 4.41. The van der Waals surface area contributed by atoms with Gasteiger partial charge in [0.25, 0.3) is 0 Å². The van der Waals surface area contributed by atoms with Gasteiger partial charge in [-0.15, -0.1) is 0 Å². The first kappa shape index (κ1) is 14.4. The number of nitrogens with one attached hydrogen (secondary N) is 2. The highest BCUT2D eigenvalue weighted by atomic mass is 35.5. The minimum Gasteiger partial charge on any atom is -0.336 e. The molecule has 21 heavy (non-hydrogen) atoms. The maximum absolute atomic E-state index is 11.5. The summed E-state index contributed by atoms with van der Waals surface area (Å²) in [7, 11) is 0. The van der Waals surface area contributed by atoms with Crippen molar-refractivity contribution in [3.8, 4) is 0 Å². The van der Waals surface area contributed by atoms with E-state index in [9.17, 15) is 4.79 Å². The monoisotopic (exact) mass is 305 g/mol. The van der Waals surface area contributed by atoms with Crippen LogP contribution in [0.3, 0.4) is 0 Å². The van der Waals surface area contributed by atoms with E-state index in [0.717, 1.165) is 49.6 Å².